The van der Waals surface area contributed by atoms with Gasteiger partial charge in [0.25, 0.3) is 0 Å². The topological polar surface area (TPSA) is 80.9 Å². The molecule has 1 N–H and O–H groups in total. The predicted molar refractivity (Wildman–Crippen MR) is 108 cm³/mol. The fourth-order valence-electron chi connectivity index (χ4n) is 2.47. The van der Waals surface area contributed by atoms with E-state index >= 15 is 0 Å². The van der Waals surface area contributed by atoms with Crippen molar-refractivity contribution in [2.75, 3.05) is 20.2 Å². The fourth-order valence-corrected chi connectivity index (χ4v) is 2.47. The highest BCUT2D eigenvalue weighted by Gasteiger charge is 2.22. The number of nitrogens with zero attached hydrogens (tertiary/aromatic N) is 1. The minimum atomic E-state index is -0.568. The van der Waals surface area contributed by atoms with Gasteiger partial charge in [-0.25, -0.2) is 9.59 Å². The van der Waals surface area contributed by atoms with Gasteiger partial charge in [-0.15, -0.1) is 0 Å². The highest BCUT2D eigenvalue weighted by Crippen LogP contribution is 2.28. The van der Waals surface area contributed by atoms with E-state index in [9.17, 15) is 9.59 Å². The van der Waals surface area contributed by atoms with Crippen LogP contribution in [0.4, 0.5) is 4.79 Å². The van der Waals surface area contributed by atoms with Gasteiger partial charge < -0.3 is 24.1 Å². The highest BCUT2D eigenvalue weighted by atomic mass is 16.6. The molecule has 1 aromatic heterocycles. The van der Waals surface area contributed by atoms with E-state index in [-0.39, 0.29) is 12.6 Å². The van der Waals surface area contributed by atoms with Gasteiger partial charge in [0.1, 0.15) is 23.6 Å². The zero-order valence-corrected chi connectivity index (χ0v) is 17.7. The van der Waals surface area contributed by atoms with Gasteiger partial charge in [0.2, 0.25) is 0 Å². The average Bonchev–Trinajstić information content (AvgIpc) is 2.96. The van der Waals surface area contributed by atoms with Gasteiger partial charge >= 0.3 is 12.1 Å². The number of hydrogen-bond donors (Lipinski definition) is 1. The molecule has 0 unspecified atom stereocenters. The third kappa shape index (κ3) is 5.90. The van der Waals surface area contributed by atoms with Crippen LogP contribution in [-0.2, 0) is 9.47 Å². The lowest BCUT2D eigenvalue weighted by atomic mass is 10.1. The summed E-state index contributed by atoms with van der Waals surface area (Å²) in [7, 11) is 1.66. The van der Waals surface area contributed by atoms with E-state index in [2.05, 4.69) is 4.98 Å². The number of fused-ring (bicyclic) bond motifs is 1. The maximum atomic E-state index is 12.4. The Bertz CT molecular complexity index is 843. The van der Waals surface area contributed by atoms with Crippen LogP contribution in [0.2, 0.25) is 0 Å². The van der Waals surface area contributed by atoms with Crippen molar-refractivity contribution in [2.24, 2.45) is 0 Å². The Morgan fingerprint density at radius 2 is 1.68 bits per heavy atom. The van der Waals surface area contributed by atoms with Crippen molar-refractivity contribution in [3.8, 4) is 5.75 Å². The lowest BCUT2D eigenvalue weighted by Gasteiger charge is -2.24. The zero-order valence-electron chi connectivity index (χ0n) is 17.7. The van der Waals surface area contributed by atoms with Crippen LogP contribution in [0.5, 0.6) is 5.75 Å². The van der Waals surface area contributed by atoms with E-state index < -0.39 is 17.3 Å². The molecule has 0 fully saturated rings. The van der Waals surface area contributed by atoms with E-state index in [4.69, 9.17) is 14.2 Å². The van der Waals surface area contributed by atoms with Crippen LogP contribution in [0.15, 0.2) is 24.4 Å². The number of nitrogens with one attached hydrogen (secondary N) is 1. The smallest absolute Gasteiger partial charge is 0.410 e. The number of likely N-dealkylation sites (N-methyl/N-ethyl adjacent to an activating group) is 1. The monoisotopic (exact) mass is 390 g/mol. The van der Waals surface area contributed by atoms with Gasteiger partial charge in [-0.2, -0.15) is 0 Å². The minimum absolute atomic E-state index is 0.287. The second kappa shape index (κ2) is 8.12. The van der Waals surface area contributed by atoms with Crippen molar-refractivity contribution < 1.29 is 23.8 Å². The Labute approximate surface area is 165 Å². The number of amides is 1. The first kappa shape index (κ1) is 21.6. The van der Waals surface area contributed by atoms with Gasteiger partial charge in [-0.1, -0.05) is 12.1 Å². The van der Waals surface area contributed by atoms with E-state index in [1.165, 1.54) is 4.90 Å². The third-order valence-corrected chi connectivity index (χ3v) is 3.69. The SMILES string of the molecule is CN(CCOc1cccc2c(C(=O)OC(C)(C)C)c[nH]c12)C(=O)OC(C)(C)C. The van der Waals surface area contributed by atoms with E-state index in [1.807, 2.05) is 59.7 Å². The van der Waals surface area contributed by atoms with Crippen LogP contribution in [-0.4, -0.2) is 53.3 Å². The lowest BCUT2D eigenvalue weighted by Crippen LogP contribution is -2.36. The summed E-state index contributed by atoms with van der Waals surface area (Å²) in [5.74, 6) is 0.213. The molecule has 7 heteroatoms. The quantitative estimate of drug-likeness (QED) is 0.767. The molecule has 2 rings (SSSR count). The van der Waals surface area contributed by atoms with E-state index in [0.717, 1.165) is 5.39 Å². The minimum Gasteiger partial charge on any atom is -0.490 e. The van der Waals surface area contributed by atoms with Crippen molar-refractivity contribution in [1.29, 1.82) is 0 Å². The van der Waals surface area contributed by atoms with E-state index in [1.54, 1.807) is 13.2 Å². The number of aromatic nitrogens is 1. The summed E-state index contributed by atoms with van der Waals surface area (Å²) in [5, 5.41) is 0.729. The molecular weight excluding hydrogens is 360 g/mol. The molecule has 7 nitrogen and oxygen atoms in total. The summed E-state index contributed by atoms with van der Waals surface area (Å²) >= 11 is 0. The van der Waals surface area contributed by atoms with Crippen molar-refractivity contribution in [3.05, 3.63) is 30.0 Å². The summed E-state index contributed by atoms with van der Waals surface area (Å²) in [5.41, 5.74) is 0.0609. The van der Waals surface area contributed by atoms with Gasteiger partial charge in [-0.3, -0.25) is 0 Å². The average molecular weight is 390 g/mol. The Hall–Kier alpha value is -2.70. The number of carbonyl (C=O) groups is 2. The zero-order chi connectivity index (χ0) is 21.1. The summed E-state index contributed by atoms with van der Waals surface area (Å²) < 4.78 is 16.6. The molecule has 0 radical (unpaired) electrons. The molecular formula is C21H30N2O5. The van der Waals surface area contributed by atoms with Crippen LogP contribution >= 0.6 is 0 Å². The lowest BCUT2D eigenvalue weighted by molar-refractivity contribution is 0.00713. The molecule has 1 amide bonds. The molecule has 1 aromatic carbocycles. The molecule has 28 heavy (non-hydrogen) atoms. The first-order chi connectivity index (χ1) is 12.9. The number of benzene rings is 1. The number of esters is 1. The Kier molecular flexibility index (Phi) is 6.27. The molecule has 0 aliphatic rings. The standard InChI is InChI=1S/C21H30N2O5/c1-20(2,3)27-18(24)15-13-22-17-14(15)9-8-10-16(17)26-12-11-23(7)19(25)28-21(4,5)6/h8-10,13,22H,11-12H2,1-7H3. The fraction of sp³-hybridized carbons (Fsp3) is 0.524. The number of H-pyrrole nitrogens is 1. The molecule has 0 spiro atoms. The van der Waals surface area contributed by atoms with Crippen molar-refractivity contribution in [1.82, 2.24) is 9.88 Å². The normalized spacial score (nSPS) is 12.0. The maximum Gasteiger partial charge on any atom is 0.410 e. The van der Waals surface area contributed by atoms with Gasteiger partial charge in [0, 0.05) is 18.6 Å². The molecule has 0 saturated carbocycles. The first-order valence-corrected chi connectivity index (χ1v) is 9.28. The number of para-hydroxylation sites is 1. The molecule has 0 bridgehead atoms. The highest BCUT2D eigenvalue weighted by molar-refractivity contribution is 6.05. The molecule has 2 aromatic rings. The molecule has 0 aliphatic carbocycles. The summed E-state index contributed by atoms with van der Waals surface area (Å²) in [6.07, 6.45) is 1.22. The van der Waals surface area contributed by atoms with Gasteiger partial charge in [0.05, 0.1) is 17.6 Å². The molecule has 0 aliphatic heterocycles. The predicted octanol–water partition coefficient (Wildman–Crippen LogP) is 4.37. The van der Waals surface area contributed by atoms with Crippen LogP contribution in [0, 0.1) is 0 Å². The van der Waals surface area contributed by atoms with Crippen molar-refractivity contribution >= 4 is 23.0 Å². The maximum absolute atomic E-state index is 12.4. The van der Waals surface area contributed by atoms with Crippen LogP contribution in [0.3, 0.4) is 0 Å². The second-order valence-corrected chi connectivity index (χ2v) is 8.63. The summed E-state index contributed by atoms with van der Waals surface area (Å²) in [4.78, 5) is 28.9. The van der Waals surface area contributed by atoms with Gasteiger partial charge in [0.15, 0.2) is 0 Å². The second-order valence-electron chi connectivity index (χ2n) is 8.63. The van der Waals surface area contributed by atoms with Crippen molar-refractivity contribution in [2.45, 2.75) is 52.7 Å². The first-order valence-electron chi connectivity index (χ1n) is 9.28. The van der Waals surface area contributed by atoms with Crippen molar-refractivity contribution in [3.63, 3.8) is 0 Å². The Balaban J connectivity index is 2.04. The number of rotatable bonds is 5. The van der Waals surface area contributed by atoms with Crippen LogP contribution in [0.25, 0.3) is 10.9 Å². The Morgan fingerprint density at radius 3 is 2.29 bits per heavy atom. The van der Waals surface area contributed by atoms with Crippen LogP contribution < -0.4 is 4.74 Å². The molecule has 0 atom stereocenters. The third-order valence-electron chi connectivity index (χ3n) is 3.69. The number of hydrogen-bond acceptors (Lipinski definition) is 5. The molecule has 0 saturated heterocycles. The summed E-state index contributed by atoms with van der Waals surface area (Å²) in [6.45, 7) is 11.6. The van der Waals surface area contributed by atoms with Gasteiger partial charge in [-0.05, 0) is 47.6 Å². The largest absolute Gasteiger partial charge is 0.490 e. The molecule has 1 heterocycles. The molecule has 154 valence electrons. The summed E-state index contributed by atoms with van der Waals surface area (Å²) in [6, 6.07) is 5.47. The van der Waals surface area contributed by atoms with Crippen LogP contribution in [0.1, 0.15) is 51.9 Å². The number of aromatic amines is 1. The number of carbonyl (C=O) groups excluding carboxylic acids is 2. The number of ether oxygens (including phenoxy) is 3. The van der Waals surface area contributed by atoms with E-state index in [0.29, 0.717) is 23.4 Å². The Morgan fingerprint density at radius 1 is 1.04 bits per heavy atom.